The van der Waals surface area contributed by atoms with E-state index in [1.165, 1.54) is 0 Å². The molecular formula is C7H12ClN3O. The lowest BCUT2D eigenvalue weighted by molar-refractivity contribution is 0.169. The number of rotatable bonds is 3. The summed E-state index contributed by atoms with van der Waals surface area (Å²) < 4.78 is 1.71. The molecular weight excluding hydrogens is 178 g/mol. The van der Waals surface area contributed by atoms with E-state index in [-0.39, 0.29) is 0 Å². The monoisotopic (exact) mass is 189 g/mol. The molecule has 0 bridgehead atoms. The molecule has 0 aromatic carbocycles. The molecule has 0 spiro atoms. The summed E-state index contributed by atoms with van der Waals surface area (Å²) in [6.45, 7) is 0.471. The van der Waals surface area contributed by atoms with Crippen LogP contribution in [0, 0.1) is 0 Å². The number of imidazole rings is 1. The molecule has 0 saturated carbocycles. The summed E-state index contributed by atoms with van der Waals surface area (Å²) >= 11 is 5.76. The van der Waals surface area contributed by atoms with Crippen LogP contribution in [0.1, 0.15) is 11.8 Å². The first-order valence-corrected chi connectivity index (χ1v) is 4.04. The van der Waals surface area contributed by atoms with E-state index in [0.29, 0.717) is 17.4 Å². The molecule has 1 heterocycles. The molecule has 0 radical (unpaired) electrons. The van der Waals surface area contributed by atoms with Crippen molar-refractivity contribution in [3.8, 4) is 0 Å². The summed E-state index contributed by atoms with van der Waals surface area (Å²) in [6.07, 6.45) is 0.978. The second-order valence-electron chi connectivity index (χ2n) is 2.61. The van der Waals surface area contributed by atoms with E-state index in [1.54, 1.807) is 25.0 Å². The number of nitrogens with zero attached hydrogens (tertiary/aromatic N) is 2. The lowest BCUT2D eigenvalue weighted by Gasteiger charge is -2.10. The first-order chi connectivity index (χ1) is 5.66. The van der Waals surface area contributed by atoms with Gasteiger partial charge in [0.15, 0.2) is 5.15 Å². The molecule has 1 atom stereocenters. The Balaban J connectivity index is 2.85. The van der Waals surface area contributed by atoms with Crippen LogP contribution in [0.15, 0.2) is 6.33 Å². The zero-order valence-electron chi connectivity index (χ0n) is 7.08. The summed E-state index contributed by atoms with van der Waals surface area (Å²) in [5.74, 6) is 0. The van der Waals surface area contributed by atoms with Gasteiger partial charge in [-0.1, -0.05) is 11.6 Å². The Bertz CT molecular complexity index is 242. The van der Waals surface area contributed by atoms with Crippen molar-refractivity contribution >= 4 is 11.6 Å². The molecule has 0 aliphatic heterocycles. The zero-order valence-corrected chi connectivity index (χ0v) is 7.84. The summed E-state index contributed by atoms with van der Waals surface area (Å²) in [7, 11) is 3.57. The predicted molar refractivity (Wildman–Crippen MR) is 47.1 cm³/mol. The standard InChI is InChI=1S/C7H12ClN3O/c1-9-3-5(12)6-7(8)10-4-11(6)2/h4-5,9,12H,3H2,1-2H3. The normalized spacial score (nSPS) is 13.3. The number of aryl methyl sites for hydroxylation is 1. The molecule has 1 aromatic rings. The lowest BCUT2D eigenvalue weighted by Crippen LogP contribution is -2.18. The Labute approximate surface area is 76.2 Å². The highest BCUT2D eigenvalue weighted by molar-refractivity contribution is 6.30. The molecule has 0 amide bonds. The number of nitrogens with one attached hydrogen (secondary N) is 1. The van der Waals surface area contributed by atoms with Gasteiger partial charge in [0, 0.05) is 13.6 Å². The Morgan fingerprint density at radius 2 is 2.50 bits per heavy atom. The van der Waals surface area contributed by atoms with E-state index in [4.69, 9.17) is 11.6 Å². The van der Waals surface area contributed by atoms with Gasteiger partial charge in [0.1, 0.15) is 6.10 Å². The fourth-order valence-corrected chi connectivity index (χ4v) is 1.38. The van der Waals surface area contributed by atoms with Gasteiger partial charge < -0.3 is 15.0 Å². The van der Waals surface area contributed by atoms with Crippen LogP contribution >= 0.6 is 11.6 Å². The van der Waals surface area contributed by atoms with Crippen molar-refractivity contribution in [2.24, 2.45) is 7.05 Å². The van der Waals surface area contributed by atoms with Gasteiger partial charge in [0.05, 0.1) is 12.0 Å². The van der Waals surface area contributed by atoms with Crippen molar-refractivity contribution < 1.29 is 5.11 Å². The third kappa shape index (κ3) is 1.77. The maximum absolute atomic E-state index is 9.56. The lowest BCUT2D eigenvalue weighted by atomic mass is 10.2. The highest BCUT2D eigenvalue weighted by Crippen LogP contribution is 2.19. The molecule has 4 nitrogen and oxygen atoms in total. The zero-order chi connectivity index (χ0) is 9.14. The van der Waals surface area contributed by atoms with Gasteiger partial charge in [0.25, 0.3) is 0 Å². The molecule has 0 aliphatic rings. The van der Waals surface area contributed by atoms with Gasteiger partial charge in [0.2, 0.25) is 0 Å². The molecule has 1 unspecified atom stereocenters. The minimum Gasteiger partial charge on any atom is -0.385 e. The molecule has 1 rings (SSSR count). The van der Waals surface area contributed by atoms with Crippen molar-refractivity contribution in [2.75, 3.05) is 13.6 Å². The number of aliphatic hydroxyl groups is 1. The highest BCUT2D eigenvalue weighted by atomic mass is 35.5. The van der Waals surface area contributed by atoms with E-state index in [2.05, 4.69) is 10.3 Å². The number of aromatic nitrogens is 2. The van der Waals surface area contributed by atoms with Gasteiger partial charge in [-0.3, -0.25) is 0 Å². The van der Waals surface area contributed by atoms with Crippen molar-refractivity contribution in [3.63, 3.8) is 0 Å². The fraction of sp³-hybridized carbons (Fsp3) is 0.571. The van der Waals surface area contributed by atoms with Crippen molar-refractivity contribution in [1.82, 2.24) is 14.9 Å². The summed E-state index contributed by atoms with van der Waals surface area (Å²) in [5, 5.41) is 12.8. The number of hydrogen-bond acceptors (Lipinski definition) is 3. The Morgan fingerprint density at radius 3 is 2.92 bits per heavy atom. The summed E-state index contributed by atoms with van der Waals surface area (Å²) in [6, 6.07) is 0. The minimum absolute atomic E-state index is 0.361. The molecule has 12 heavy (non-hydrogen) atoms. The molecule has 0 saturated heterocycles. The number of likely N-dealkylation sites (N-methyl/N-ethyl adjacent to an activating group) is 1. The van der Waals surface area contributed by atoms with Crippen LogP contribution in [-0.2, 0) is 7.05 Å². The molecule has 68 valence electrons. The van der Waals surface area contributed by atoms with Gasteiger partial charge in [-0.2, -0.15) is 0 Å². The van der Waals surface area contributed by atoms with E-state index >= 15 is 0 Å². The number of halogens is 1. The van der Waals surface area contributed by atoms with Crippen molar-refractivity contribution in [3.05, 3.63) is 17.2 Å². The van der Waals surface area contributed by atoms with E-state index in [1.807, 2.05) is 0 Å². The molecule has 0 aliphatic carbocycles. The van der Waals surface area contributed by atoms with E-state index in [9.17, 15) is 5.11 Å². The van der Waals surface area contributed by atoms with Gasteiger partial charge >= 0.3 is 0 Å². The van der Waals surface area contributed by atoms with E-state index in [0.717, 1.165) is 0 Å². The largest absolute Gasteiger partial charge is 0.385 e. The number of hydrogen-bond donors (Lipinski definition) is 2. The summed E-state index contributed by atoms with van der Waals surface area (Å²) in [5.41, 5.74) is 0.644. The van der Waals surface area contributed by atoms with Crippen LogP contribution in [0.5, 0.6) is 0 Å². The Hall–Kier alpha value is -0.580. The highest BCUT2D eigenvalue weighted by Gasteiger charge is 2.14. The van der Waals surface area contributed by atoms with Crippen molar-refractivity contribution in [2.45, 2.75) is 6.10 Å². The first-order valence-electron chi connectivity index (χ1n) is 3.66. The van der Waals surface area contributed by atoms with Crippen LogP contribution in [0.4, 0.5) is 0 Å². The fourth-order valence-electron chi connectivity index (χ4n) is 1.07. The maximum atomic E-state index is 9.56. The molecule has 1 aromatic heterocycles. The van der Waals surface area contributed by atoms with Crippen LogP contribution in [0.2, 0.25) is 5.15 Å². The van der Waals surface area contributed by atoms with E-state index < -0.39 is 6.10 Å². The van der Waals surface area contributed by atoms with Crippen LogP contribution in [-0.4, -0.2) is 28.3 Å². The number of aliphatic hydroxyl groups excluding tert-OH is 1. The average Bonchev–Trinajstić information content (AvgIpc) is 2.32. The second kappa shape index (κ2) is 3.89. The first kappa shape index (κ1) is 9.51. The third-order valence-electron chi connectivity index (χ3n) is 1.65. The van der Waals surface area contributed by atoms with Crippen LogP contribution < -0.4 is 5.32 Å². The maximum Gasteiger partial charge on any atom is 0.152 e. The Kier molecular flexibility index (Phi) is 3.08. The van der Waals surface area contributed by atoms with Gasteiger partial charge in [-0.15, -0.1) is 0 Å². The smallest absolute Gasteiger partial charge is 0.152 e. The predicted octanol–water partition coefficient (Wildman–Crippen LogP) is 0.326. The Morgan fingerprint density at radius 1 is 1.83 bits per heavy atom. The van der Waals surface area contributed by atoms with Crippen LogP contribution in [0.3, 0.4) is 0 Å². The molecule has 5 heteroatoms. The molecule has 0 fully saturated rings. The van der Waals surface area contributed by atoms with Gasteiger partial charge in [-0.25, -0.2) is 4.98 Å². The minimum atomic E-state index is -0.602. The van der Waals surface area contributed by atoms with Crippen LogP contribution in [0.25, 0.3) is 0 Å². The SMILES string of the molecule is CNCC(O)c1c(Cl)ncn1C. The topological polar surface area (TPSA) is 50.1 Å². The second-order valence-corrected chi connectivity index (χ2v) is 2.96. The third-order valence-corrected chi connectivity index (χ3v) is 1.94. The quantitative estimate of drug-likeness (QED) is 0.721. The average molecular weight is 190 g/mol. The summed E-state index contributed by atoms with van der Waals surface area (Å²) in [4.78, 5) is 3.86. The van der Waals surface area contributed by atoms with Crippen molar-refractivity contribution in [1.29, 1.82) is 0 Å². The van der Waals surface area contributed by atoms with Gasteiger partial charge in [-0.05, 0) is 7.05 Å². The molecule has 2 N–H and O–H groups in total.